The molecule has 182 valence electrons. The minimum atomic E-state index is -0.527. The molecule has 0 aliphatic carbocycles. The predicted molar refractivity (Wildman–Crippen MR) is 134 cm³/mol. The van der Waals surface area contributed by atoms with Crippen LogP contribution in [0, 0.1) is 0 Å². The monoisotopic (exact) mass is 493 g/mol. The summed E-state index contributed by atoms with van der Waals surface area (Å²) >= 11 is 6.40. The van der Waals surface area contributed by atoms with Crippen LogP contribution in [0.4, 0.5) is 4.79 Å². The van der Waals surface area contributed by atoms with E-state index in [-0.39, 0.29) is 12.1 Å². The third-order valence-electron chi connectivity index (χ3n) is 5.98. The Hall–Kier alpha value is -3.39. The van der Waals surface area contributed by atoms with E-state index in [2.05, 4.69) is 29.1 Å². The summed E-state index contributed by atoms with van der Waals surface area (Å²) in [6, 6.07) is 12.0. The molecule has 2 aromatic heterocycles. The molecule has 1 aliphatic rings. The first-order valence-electron chi connectivity index (χ1n) is 11.7. The highest BCUT2D eigenvalue weighted by Gasteiger charge is 2.28. The zero-order valence-electron chi connectivity index (χ0n) is 20.5. The molecule has 0 N–H and O–H groups in total. The van der Waals surface area contributed by atoms with Gasteiger partial charge in [-0.3, -0.25) is 4.68 Å². The molecule has 1 aliphatic heterocycles. The average molecular weight is 494 g/mol. The van der Waals surface area contributed by atoms with Gasteiger partial charge in [0.05, 0.1) is 5.52 Å². The largest absolute Gasteiger partial charge is 0.444 e. The van der Waals surface area contributed by atoms with Gasteiger partial charge in [-0.05, 0) is 70.4 Å². The van der Waals surface area contributed by atoms with Crippen molar-refractivity contribution in [2.24, 2.45) is 0 Å². The average Bonchev–Trinajstić information content (AvgIpc) is 3.42. The minimum Gasteiger partial charge on any atom is -0.444 e. The molecular formula is C26H28ClN5O3. The van der Waals surface area contributed by atoms with Gasteiger partial charge in [0.1, 0.15) is 5.60 Å². The second-order valence-corrected chi connectivity index (χ2v) is 10.4. The van der Waals surface area contributed by atoms with Crippen molar-refractivity contribution in [3.8, 4) is 22.8 Å². The van der Waals surface area contributed by atoms with Crippen LogP contribution in [0.5, 0.6) is 0 Å². The van der Waals surface area contributed by atoms with Crippen LogP contribution in [0.2, 0.25) is 5.15 Å². The van der Waals surface area contributed by atoms with Crippen molar-refractivity contribution < 1.29 is 14.1 Å². The number of benzene rings is 2. The standard InChI is InChI=1S/C26H28ClN5O3/c1-15(2)32-21-10-9-16(13-20(21)22(27)29-32)24-28-23(30-35-24)19-8-6-7-17-14-31(12-11-18(17)19)25(33)34-26(3,4)5/h6-10,13,15H,11-12,14H2,1-5H3. The first-order valence-corrected chi connectivity index (χ1v) is 12.1. The summed E-state index contributed by atoms with van der Waals surface area (Å²) < 4.78 is 13.1. The number of nitrogens with zero attached hydrogens (tertiary/aromatic N) is 5. The molecule has 9 heteroatoms. The Balaban J connectivity index is 1.43. The van der Waals surface area contributed by atoms with Crippen molar-refractivity contribution in [2.45, 2.75) is 59.2 Å². The molecule has 0 atom stereocenters. The molecule has 3 heterocycles. The van der Waals surface area contributed by atoms with Crippen LogP contribution in [-0.4, -0.2) is 43.1 Å². The van der Waals surface area contributed by atoms with E-state index in [0.29, 0.717) is 36.4 Å². The number of carbonyl (C=O) groups excluding carboxylic acids is 1. The SMILES string of the molecule is CC(C)n1nc(Cl)c2cc(-c3nc(-c4cccc5c4CCN(C(=O)OC(C)(C)C)C5)no3)ccc21. The van der Waals surface area contributed by atoms with Gasteiger partial charge in [-0.1, -0.05) is 35.0 Å². The van der Waals surface area contributed by atoms with Gasteiger partial charge in [-0.25, -0.2) is 4.79 Å². The molecule has 5 rings (SSSR count). The first-order chi connectivity index (χ1) is 16.6. The lowest BCUT2D eigenvalue weighted by Crippen LogP contribution is -2.40. The summed E-state index contributed by atoms with van der Waals surface area (Å²) in [5.41, 5.74) is 4.30. The molecular weight excluding hydrogens is 466 g/mol. The van der Waals surface area contributed by atoms with Crippen molar-refractivity contribution >= 4 is 28.6 Å². The van der Waals surface area contributed by atoms with Gasteiger partial charge in [0.2, 0.25) is 5.82 Å². The zero-order chi connectivity index (χ0) is 24.9. The normalized spacial score (nSPS) is 14.0. The quantitative estimate of drug-likeness (QED) is 0.334. The van der Waals surface area contributed by atoms with Crippen LogP contribution in [0.3, 0.4) is 0 Å². The number of fused-ring (bicyclic) bond motifs is 2. The van der Waals surface area contributed by atoms with E-state index in [0.717, 1.165) is 33.2 Å². The van der Waals surface area contributed by atoms with Crippen LogP contribution in [0.1, 0.15) is 51.8 Å². The van der Waals surface area contributed by atoms with Crippen LogP contribution in [0.15, 0.2) is 40.9 Å². The number of aromatic nitrogens is 4. The Morgan fingerprint density at radius 2 is 2.00 bits per heavy atom. The minimum absolute atomic E-state index is 0.196. The lowest BCUT2D eigenvalue weighted by molar-refractivity contribution is 0.0224. The number of rotatable bonds is 3. The van der Waals surface area contributed by atoms with Gasteiger partial charge in [0.25, 0.3) is 5.89 Å². The maximum atomic E-state index is 12.5. The smallest absolute Gasteiger partial charge is 0.410 e. The molecule has 8 nitrogen and oxygen atoms in total. The number of hydrogen-bond acceptors (Lipinski definition) is 6. The molecule has 0 fully saturated rings. The lowest BCUT2D eigenvalue weighted by atomic mass is 9.94. The summed E-state index contributed by atoms with van der Waals surface area (Å²) in [6.07, 6.45) is 0.384. The highest BCUT2D eigenvalue weighted by molar-refractivity contribution is 6.34. The number of halogens is 1. The van der Waals surface area contributed by atoms with Gasteiger partial charge in [-0.2, -0.15) is 10.1 Å². The van der Waals surface area contributed by atoms with Gasteiger partial charge >= 0.3 is 6.09 Å². The Morgan fingerprint density at radius 3 is 2.74 bits per heavy atom. The molecule has 0 saturated carbocycles. The van der Waals surface area contributed by atoms with Crippen molar-refractivity contribution in [3.05, 3.63) is 52.7 Å². The van der Waals surface area contributed by atoms with E-state index in [1.54, 1.807) is 4.90 Å². The molecule has 35 heavy (non-hydrogen) atoms. The summed E-state index contributed by atoms with van der Waals surface area (Å²) in [6.45, 7) is 10.8. The molecule has 0 unspecified atom stereocenters. The highest BCUT2D eigenvalue weighted by atomic mass is 35.5. The molecule has 0 saturated heterocycles. The fourth-order valence-corrected chi connectivity index (χ4v) is 4.61. The van der Waals surface area contributed by atoms with E-state index in [4.69, 9.17) is 20.9 Å². The fourth-order valence-electron chi connectivity index (χ4n) is 4.38. The van der Waals surface area contributed by atoms with Crippen molar-refractivity contribution in [1.82, 2.24) is 24.8 Å². The second kappa shape index (κ2) is 8.68. The van der Waals surface area contributed by atoms with E-state index in [1.165, 1.54) is 0 Å². The van der Waals surface area contributed by atoms with Gasteiger partial charge in [0.15, 0.2) is 5.15 Å². The van der Waals surface area contributed by atoms with E-state index in [9.17, 15) is 4.79 Å². The van der Waals surface area contributed by atoms with Crippen LogP contribution in [0.25, 0.3) is 33.7 Å². The Kier molecular flexibility index (Phi) is 5.79. The molecule has 1 amide bonds. The lowest BCUT2D eigenvalue weighted by Gasteiger charge is -2.31. The van der Waals surface area contributed by atoms with Gasteiger partial charge in [0, 0.05) is 35.6 Å². The fraction of sp³-hybridized carbons (Fsp3) is 0.385. The van der Waals surface area contributed by atoms with Crippen LogP contribution < -0.4 is 0 Å². The highest BCUT2D eigenvalue weighted by Crippen LogP contribution is 2.33. The topological polar surface area (TPSA) is 86.3 Å². The summed E-state index contributed by atoms with van der Waals surface area (Å²) in [5.74, 6) is 0.936. The number of ether oxygens (including phenoxy) is 1. The second-order valence-electron chi connectivity index (χ2n) is 10.1. The Bertz CT molecular complexity index is 1420. The summed E-state index contributed by atoms with van der Waals surface area (Å²) in [7, 11) is 0. The molecule has 0 bridgehead atoms. The summed E-state index contributed by atoms with van der Waals surface area (Å²) in [4.78, 5) is 19.0. The Labute approximate surface area is 208 Å². The van der Waals surface area contributed by atoms with E-state index < -0.39 is 5.60 Å². The zero-order valence-corrected chi connectivity index (χ0v) is 21.3. The number of carbonyl (C=O) groups is 1. The summed E-state index contributed by atoms with van der Waals surface area (Å²) in [5, 5.41) is 10.00. The number of amides is 1. The van der Waals surface area contributed by atoms with Crippen LogP contribution in [-0.2, 0) is 17.7 Å². The van der Waals surface area contributed by atoms with Gasteiger partial charge in [-0.15, -0.1) is 0 Å². The van der Waals surface area contributed by atoms with Crippen molar-refractivity contribution in [3.63, 3.8) is 0 Å². The van der Waals surface area contributed by atoms with Crippen molar-refractivity contribution in [1.29, 1.82) is 0 Å². The van der Waals surface area contributed by atoms with E-state index in [1.807, 2.05) is 61.9 Å². The first kappa shape index (κ1) is 23.4. The molecule has 2 aromatic carbocycles. The predicted octanol–water partition coefficient (Wildman–Crippen LogP) is 6.28. The number of hydrogen-bond donors (Lipinski definition) is 0. The molecule has 4 aromatic rings. The van der Waals surface area contributed by atoms with Gasteiger partial charge < -0.3 is 14.2 Å². The Morgan fingerprint density at radius 1 is 1.20 bits per heavy atom. The van der Waals surface area contributed by atoms with E-state index >= 15 is 0 Å². The maximum absolute atomic E-state index is 12.5. The van der Waals surface area contributed by atoms with Crippen molar-refractivity contribution in [2.75, 3.05) is 6.54 Å². The molecule has 0 spiro atoms. The maximum Gasteiger partial charge on any atom is 0.410 e. The molecule has 0 radical (unpaired) electrons. The third kappa shape index (κ3) is 4.50. The third-order valence-corrected chi connectivity index (χ3v) is 6.26. The van der Waals surface area contributed by atoms with Crippen LogP contribution >= 0.6 is 11.6 Å².